The second-order valence-corrected chi connectivity index (χ2v) is 4.02. The van der Waals surface area contributed by atoms with Crippen molar-refractivity contribution in [3.05, 3.63) is 46.2 Å². The summed E-state index contributed by atoms with van der Waals surface area (Å²) in [6.07, 6.45) is 4.07. The monoisotopic (exact) mass is 219 g/mol. The van der Waals surface area contributed by atoms with Crippen LogP contribution in [0.2, 0.25) is 0 Å². The van der Waals surface area contributed by atoms with Gasteiger partial charge in [0.15, 0.2) is 0 Å². The van der Waals surface area contributed by atoms with Crippen LogP contribution in [0.25, 0.3) is 0 Å². The van der Waals surface area contributed by atoms with Crippen LogP contribution in [-0.4, -0.2) is 15.9 Å². The molecule has 2 heterocycles. The highest BCUT2D eigenvalue weighted by atomic mass is 32.1. The Morgan fingerprint density at radius 2 is 2.40 bits per heavy atom. The Hall–Kier alpha value is -1.75. The molecule has 0 bridgehead atoms. The lowest BCUT2D eigenvalue weighted by atomic mass is 10.2. The Morgan fingerprint density at radius 1 is 1.53 bits per heavy atom. The molecular weight excluding hydrogens is 210 g/mol. The fraction of sp³-hybridized carbons (Fsp3) is 0.100. The van der Waals surface area contributed by atoms with Gasteiger partial charge in [-0.1, -0.05) is 0 Å². The molecule has 0 spiro atoms. The molecule has 0 fully saturated rings. The summed E-state index contributed by atoms with van der Waals surface area (Å²) in [7, 11) is 0. The molecule has 0 unspecified atom stereocenters. The Kier molecular flexibility index (Phi) is 2.73. The molecule has 0 aromatic carbocycles. The summed E-state index contributed by atoms with van der Waals surface area (Å²) in [4.78, 5) is 20.2. The van der Waals surface area contributed by atoms with Crippen molar-refractivity contribution in [1.29, 1.82) is 0 Å². The predicted molar refractivity (Wildman–Crippen MR) is 57.7 cm³/mol. The number of rotatable bonds is 3. The molecule has 2 aromatic rings. The van der Waals surface area contributed by atoms with E-state index in [1.165, 1.54) is 0 Å². The van der Waals surface area contributed by atoms with Crippen LogP contribution in [0.5, 0.6) is 0 Å². The van der Waals surface area contributed by atoms with Crippen LogP contribution in [-0.2, 0) is 6.42 Å². The lowest BCUT2D eigenvalue weighted by Crippen LogP contribution is -2.11. The average molecular weight is 219 g/mol. The molecule has 0 aliphatic rings. The molecule has 0 saturated carbocycles. The summed E-state index contributed by atoms with van der Waals surface area (Å²) in [5, 5.41) is 0. The van der Waals surface area contributed by atoms with Gasteiger partial charge in [0.05, 0.1) is 5.51 Å². The Balaban J connectivity index is 2.22. The van der Waals surface area contributed by atoms with Crippen molar-refractivity contribution >= 4 is 17.2 Å². The van der Waals surface area contributed by atoms with Crippen molar-refractivity contribution in [3.8, 4) is 0 Å². The van der Waals surface area contributed by atoms with Crippen LogP contribution in [0.15, 0.2) is 30.0 Å². The number of nitrogens with two attached hydrogens (primary N) is 1. The second-order valence-electron chi connectivity index (χ2n) is 3.04. The third-order valence-electron chi connectivity index (χ3n) is 1.94. The number of pyridine rings is 1. The van der Waals surface area contributed by atoms with Crippen molar-refractivity contribution in [2.24, 2.45) is 5.73 Å². The third kappa shape index (κ3) is 2.38. The van der Waals surface area contributed by atoms with Crippen LogP contribution >= 0.6 is 11.3 Å². The Morgan fingerprint density at radius 3 is 3.07 bits per heavy atom. The number of nitrogens with zero attached hydrogens (tertiary/aromatic N) is 2. The van der Waals surface area contributed by atoms with E-state index in [4.69, 9.17) is 5.73 Å². The highest BCUT2D eigenvalue weighted by Crippen LogP contribution is 2.12. The summed E-state index contributed by atoms with van der Waals surface area (Å²) in [5.74, 6) is -0.428. The number of hydrogen-bond donors (Lipinski definition) is 1. The molecule has 2 N–H and O–H groups in total. The minimum atomic E-state index is -0.428. The smallest absolute Gasteiger partial charge is 0.248 e. The summed E-state index contributed by atoms with van der Waals surface area (Å²) in [5.41, 5.74) is 8.27. The maximum absolute atomic E-state index is 10.9. The van der Waals surface area contributed by atoms with Crippen molar-refractivity contribution in [1.82, 2.24) is 9.97 Å². The molecule has 0 saturated heterocycles. The molecular formula is C10H9N3OS. The lowest BCUT2D eigenvalue weighted by molar-refractivity contribution is 0.1000. The summed E-state index contributed by atoms with van der Waals surface area (Å²) >= 11 is 1.56. The van der Waals surface area contributed by atoms with Crippen molar-refractivity contribution in [2.75, 3.05) is 0 Å². The number of primary amides is 1. The lowest BCUT2D eigenvalue weighted by Gasteiger charge is -1.99. The molecule has 0 radical (unpaired) electrons. The maximum Gasteiger partial charge on any atom is 0.248 e. The quantitative estimate of drug-likeness (QED) is 0.844. The zero-order chi connectivity index (χ0) is 10.7. The van der Waals surface area contributed by atoms with Gasteiger partial charge in [-0.15, -0.1) is 11.3 Å². The van der Waals surface area contributed by atoms with Gasteiger partial charge < -0.3 is 5.73 Å². The summed E-state index contributed by atoms with van der Waals surface area (Å²) in [6, 6.07) is 3.32. The average Bonchev–Trinajstić information content (AvgIpc) is 2.71. The number of carbonyl (C=O) groups excluding carboxylic acids is 1. The fourth-order valence-electron chi connectivity index (χ4n) is 1.24. The number of amides is 1. The Labute approximate surface area is 90.8 Å². The first-order valence-corrected chi connectivity index (χ1v) is 5.26. The van der Waals surface area contributed by atoms with Gasteiger partial charge in [0, 0.05) is 34.9 Å². The van der Waals surface area contributed by atoms with E-state index in [9.17, 15) is 4.79 Å². The first-order chi connectivity index (χ1) is 7.25. The topological polar surface area (TPSA) is 68.9 Å². The van der Waals surface area contributed by atoms with Crippen LogP contribution < -0.4 is 5.73 Å². The van der Waals surface area contributed by atoms with E-state index in [2.05, 4.69) is 9.97 Å². The van der Waals surface area contributed by atoms with E-state index in [0.717, 1.165) is 10.6 Å². The Bertz CT molecular complexity index is 467. The van der Waals surface area contributed by atoms with Gasteiger partial charge in [0.1, 0.15) is 0 Å². The molecule has 2 rings (SSSR count). The maximum atomic E-state index is 10.9. The van der Waals surface area contributed by atoms with Gasteiger partial charge in [0.25, 0.3) is 0 Å². The van der Waals surface area contributed by atoms with E-state index in [0.29, 0.717) is 12.0 Å². The molecule has 15 heavy (non-hydrogen) atoms. The third-order valence-corrected chi connectivity index (χ3v) is 2.72. The first kappa shape index (κ1) is 9.79. The predicted octanol–water partition coefficient (Wildman–Crippen LogP) is 1.23. The standard InChI is InChI=1S/C10H9N3OS/c11-10(14)7-1-2-13-8(3-7)4-9-5-12-6-15-9/h1-3,5-6H,4H2,(H2,11,14). The van der Waals surface area contributed by atoms with Crippen LogP contribution in [0.3, 0.4) is 0 Å². The second kappa shape index (κ2) is 4.18. The number of hydrogen-bond acceptors (Lipinski definition) is 4. The minimum absolute atomic E-state index is 0.428. The van der Waals surface area contributed by atoms with Crippen molar-refractivity contribution in [3.63, 3.8) is 0 Å². The van der Waals surface area contributed by atoms with Gasteiger partial charge in [-0.05, 0) is 12.1 Å². The van der Waals surface area contributed by atoms with E-state index >= 15 is 0 Å². The van der Waals surface area contributed by atoms with E-state index in [-0.39, 0.29) is 0 Å². The highest BCUT2D eigenvalue weighted by Gasteiger charge is 2.03. The SMILES string of the molecule is NC(=O)c1ccnc(Cc2cncs2)c1. The van der Waals surface area contributed by atoms with Crippen LogP contribution in [0.1, 0.15) is 20.9 Å². The van der Waals surface area contributed by atoms with Gasteiger partial charge in [-0.2, -0.15) is 0 Å². The minimum Gasteiger partial charge on any atom is -0.366 e. The molecule has 4 nitrogen and oxygen atoms in total. The van der Waals surface area contributed by atoms with Crippen LogP contribution in [0.4, 0.5) is 0 Å². The van der Waals surface area contributed by atoms with Gasteiger partial charge >= 0.3 is 0 Å². The molecule has 1 amide bonds. The van der Waals surface area contributed by atoms with E-state index in [1.54, 1.807) is 41.4 Å². The first-order valence-electron chi connectivity index (χ1n) is 4.38. The largest absolute Gasteiger partial charge is 0.366 e. The number of carbonyl (C=O) groups is 1. The molecule has 5 heteroatoms. The van der Waals surface area contributed by atoms with E-state index in [1.807, 2.05) is 0 Å². The summed E-state index contributed by atoms with van der Waals surface area (Å²) in [6.45, 7) is 0. The molecule has 0 atom stereocenters. The van der Waals surface area contributed by atoms with Gasteiger partial charge in [-0.25, -0.2) is 0 Å². The number of aromatic nitrogens is 2. The van der Waals surface area contributed by atoms with E-state index < -0.39 is 5.91 Å². The number of thiazole rings is 1. The zero-order valence-electron chi connectivity index (χ0n) is 7.88. The van der Waals surface area contributed by atoms with Gasteiger partial charge in [-0.3, -0.25) is 14.8 Å². The summed E-state index contributed by atoms with van der Waals surface area (Å²) < 4.78 is 0. The molecule has 0 aliphatic heterocycles. The van der Waals surface area contributed by atoms with Gasteiger partial charge in [0.2, 0.25) is 5.91 Å². The molecule has 2 aromatic heterocycles. The highest BCUT2D eigenvalue weighted by molar-refractivity contribution is 7.09. The molecule has 0 aliphatic carbocycles. The fourth-order valence-corrected chi connectivity index (χ4v) is 1.85. The zero-order valence-corrected chi connectivity index (χ0v) is 8.70. The molecule has 76 valence electrons. The normalized spacial score (nSPS) is 10.1. The van der Waals surface area contributed by atoms with Crippen molar-refractivity contribution in [2.45, 2.75) is 6.42 Å². The van der Waals surface area contributed by atoms with Crippen LogP contribution in [0, 0.1) is 0 Å². The van der Waals surface area contributed by atoms with Crippen molar-refractivity contribution < 1.29 is 4.79 Å².